The van der Waals surface area contributed by atoms with Crippen LogP contribution in [0.1, 0.15) is 13.3 Å². The van der Waals surface area contributed by atoms with Crippen LogP contribution in [-0.2, 0) is 0 Å². The van der Waals surface area contributed by atoms with Gasteiger partial charge in [-0.2, -0.15) is 4.98 Å². The third-order valence-electron chi connectivity index (χ3n) is 1.88. The van der Waals surface area contributed by atoms with E-state index in [1.165, 1.54) is 6.33 Å². The maximum Gasteiger partial charge on any atom is 0.262 e. The van der Waals surface area contributed by atoms with Gasteiger partial charge in [-0.3, -0.25) is 0 Å². The zero-order valence-corrected chi connectivity index (χ0v) is 9.69. The van der Waals surface area contributed by atoms with Crippen LogP contribution in [0, 0.1) is 0 Å². The average Bonchev–Trinajstić information content (AvgIpc) is 2.30. The molecule has 0 amide bonds. The molecule has 1 aromatic rings. The van der Waals surface area contributed by atoms with Crippen LogP contribution >= 0.6 is 0 Å². The molecule has 0 saturated heterocycles. The lowest BCUT2D eigenvalue weighted by Gasteiger charge is -2.12. The van der Waals surface area contributed by atoms with Gasteiger partial charge in [0, 0.05) is 6.54 Å². The van der Waals surface area contributed by atoms with Crippen molar-refractivity contribution < 1.29 is 9.47 Å². The number of methoxy groups -OCH3 is 1. The van der Waals surface area contributed by atoms with Crippen molar-refractivity contribution in [2.45, 2.75) is 13.3 Å². The summed E-state index contributed by atoms with van der Waals surface area (Å²) in [6.07, 6.45) is 4.01. The second-order valence-corrected chi connectivity index (χ2v) is 3.02. The molecule has 1 aromatic heterocycles. The summed E-state index contributed by atoms with van der Waals surface area (Å²) < 4.78 is 10.7. The Labute approximate surface area is 95.5 Å². The summed E-state index contributed by atoms with van der Waals surface area (Å²) >= 11 is 0. The highest BCUT2D eigenvalue weighted by Crippen LogP contribution is 2.30. The fraction of sp³-hybridized carbons (Fsp3) is 0.455. The number of nitrogens with one attached hydrogen (secondary N) is 1. The molecule has 16 heavy (non-hydrogen) atoms. The Hall–Kier alpha value is -1.78. The van der Waals surface area contributed by atoms with Gasteiger partial charge in [0.2, 0.25) is 5.75 Å². The highest BCUT2D eigenvalue weighted by molar-refractivity contribution is 5.54. The topological polar surface area (TPSA) is 56.3 Å². The lowest BCUT2D eigenvalue weighted by molar-refractivity contribution is 0.287. The SMILES string of the molecule is C=CCCOc1ncnc(NCC)c1OC. The Bertz CT molecular complexity index is 342. The molecule has 0 atom stereocenters. The average molecular weight is 223 g/mol. The fourth-order valence-corrected chi connectivity index (χ4v) is 1.18. The zero-order valence-electron chi connectivity index (χ0n) is 9.69. The van der Waals surface area contributed by atoms with Crippen molar-refractivity contribution in [3.63, 3.8) is 0 Å². The van der Waals surface area contributed by atoms with E-state index in [1.54, 1.807) is 13.2 Å². The Morgan fingerprint density at radius 1 is 1.50 bits per heavy atom. The molecular formula is C11H17N3O2. The molecule has 0 bridgehead atoms. The Morgan fingerprint density at radius 3 is 2.94 bits per heavy atom. The van der Waals surface area contributed by atoms with Crippen LogP contribution in [0.5, 0.6) is 11.6 Å². The third-order valence-corrected chi connectivity index (χ3v) is 1.88. The second-order valence-electron chi connectivity index (χ2n) is 3.02. The molecule has 0 aliphatic carbocycles. The minimum absolute atomic E-state index is 0.454. The van der Waals surface area contributed by atoms with Crippen molar-refractivity contribution in [2.75, 3.05) is 25.6 Å². The van der Waals surface area contributed by atoms with Gasteiger partial charge in [0.1, 0.15) is 6.33 Å². The van der Waals surface area contributed by atoms with Gasteiger partial charge in [0.15, 0.2) is 5.82 Å². The van der Waals surface area contributed by atoms with E-state index in [9.17, 15) is 0 Å². The summed E-state index contributed by atoms with van der Waals surface area (Å²) in [5, 5.41) is 3.08. The maximum absolute atomic E-state index is 5.47. The first-order valence-corrected chi connectivity index (χ1v) is 5.20. The minimum Gasteiger partial charge on any atom is -0.489 e. The van der Waals surface area contributed by atoms with Gasteiger partial charge in [-0.1, -0.05) is 6.08 Å². The molecule has 5 nitrogen and oxygen atoms in total. The number of nitrogens with zero attached hydrogens (tertiary/aromatic N) is 2. The predicted molar refractivity (Wildman–Crippen MR) is 63.1 cm³/mol. The minimum atomic E-state index is 0.454. The molecule has 1 heterocycles. The van der Waals surface area contributed by atoms with E-state index in [2.05, 4.69) is 21.9 Å². The smallest absolute Gasteiger partial charge is 0.262 e. The standard InChI is InChI=1S/C11H17N3O2/c1-4-6-7-16-11-9(15-3)10(12-5-2)13-8-14-11/h4,8H,1,5-7H2,2-3H3,(H,12,13,14). The van der Waals surface area contributed by atoms with E-state index < -0.39 is 0 Å². The van der Waals surface area contributed by atoms with Gasteiger partial charge in [0.25, 0.3) is 5.88 Å². The molecule has 5 heteroatoms. The largest absolute Gasteiger partial charge is 0.489 e. The number of rotatable bonds is 7. The quantitative estimate of drug-likeness (QED) is 0.565. The van der Waals surface area contributed by atoms with Gasteiger partial charge in [0.05, 0.1) is 13.7 Å². The summed E-state index contributed by atoms with van der Waals surface area (Å²) in [5.41, 5.74) is 0. The predicted octanol–water partition coefficient (Wildman–Crippen LogP) is 1.87. The lowest BCUT2D eigenvalue weighted by atomic mass is 10.4. The second kappa shape index (κ2) is 6.66. The molecule has 0 saturated carbocycles. The van der Waals surface area contributed by atoms with Crippen LogP contribution < -0.4 is 14.8 Å². The van der Waals surface area contributed by atoms with E-state index in [0.717, 1.165) is 13.0 Å². The highest BCUT2D eigenvalue weighted by Gasteiger charge is 2.12. The molecule has 1 rings (SSSR count). The molecule has 0 radical (unpaired) electrons. The Kier molecular flexibility index (Phi) is 5.11. The van der Waals surface area contributed by atoms with Gasteiger partial charge in [-0.25, -0.2) is 4.98 Å². The van der Waals surface area contributed by atoms with E-state index in [4.69, 9.17) is 9.47 Å². The van der Waals surface area contributed by atoms with Crippen molar-refractivity contribution in [1.82, 2.24) is 9.97 Å². The van der Waals surface area contributed by atoms with E-state index in [1.807, 2.05) is 6.92 Å². The molecule has 0 unspecified atom stereocenters. The Morgan fingerprint density at radius 2 is 2.31 bits per heavy atom. The van der Waals surface area contributed by atoms with Gasteiger partial charge >= 0.3 is 0 Å². The van der Waals surface area contributed by atoms with E-state index in [0.29, 0.717) is 24.1 Å². The van der Waals surface area contributed by atoms with Crippen molar-refractivity contribution in [1.29, 1.82) is 0 Å². The van der Waals surface area contributed by atoms with Gasteiger partial charge in [-0.15, -0.1) is 6.58 Å². The number of anilines is 1. The molecule has 1 N–H and O–H groups in total. The van der Waals surface area contributed by atoms with Crippen molar-refractivity contribution in [3.05, 3.63) is 19.0 Å². The summed E-state index contributed by atoms with van der Waals surface area (Å²) in [6.45, 7) is 6.90. The first kappa shape index (κ1) is 12.3. The number of hydrogen-bond acceptors (Lipinski definition) is 5. The molecule has 0 aromatic carbocycles. The molecule has 88 valence electrons. The Balaban J connectivity index is 2.81. The fourth-order valence-electron chi connectivity index (χ4n) is 1.18. The normalized spacial score (nSPS) is 9.62. The highest BCUT2D eigenvalue weighted by atomic mass is 16.5. The maximum atomic E-state index is 5.47. The summed E-state index contributed by atoms with van der Waals surface area (Å²) in [4.78, 5) is 8.11. The van der Waals surface area contributed by atoms with Crippen LogP contribution in [0.2, 0.25) is 0 Å². The van der Waals surface area contributed by atoms with Gasteiger partial charge < -0.3 is 14.8 Å². The van der Waals surface area contributed by atoms with Crippen LogP contribution in [-0.4, -0.2) is 30.2 Å². The van der Waals surface area contributed by atoms with Crippen molar-refractivity contribution in [3.8, 4) is 11.6 Å². The molecular weight excluding hydrogens is 206 g/mol. The first-order valence-electron chi connectivity index (χ1n) is 5.20. The third kappa shape index (κ3) is 3.12. The van der Waals surface area contributed by atoms with Crippen LogP contribution in [0.3, 0.4) is 0 Å². The lowest BCUT2D eigenvalue weighted by Crippen LogP contribution is -2.06. The first-order chi connectivity index (χ1) is 7.83. The van der Waals surface area contributed by atoms with E-state index >= 15 is 0 Å². The summed E-state index contributed by atoms with van der Waals surface area (Å²) in [5.74, 6) is 1.64. The number of aromatic nitrogens is 2. The van der Waals surface area contributed by atoms with Crippen molar-refractivity contribution in [2.24, 2.45) is 0 Å². The zero-order chi connectivity index (χ0) is 11.8. The summed E-state index contributed by atoms with van der Waals surface area (Å²) in [7, 11) is 1.57. The van der Waals surface area contributed by atoms with Gasteiger partial charge in [-0.05, 0) is 13.3 Å². The molecule has 0 spiro atoms. The molecule has 0 aliphatic rings. The molecule has 0 aliphatic heterocycles. The number of ether oxygens (including phenoxy) is 2. The number of hydrogen-bond donors (Lipinski definition) is 1. The van der Waals surface area contributed by atoms with Crippen LogP contribution in [0.4, 0.5) is 5.82 Å². The van der Waals surface area contributed by atoms with Crippen LogP contribution in [0.15, 0.2) is 19.0 Å². The summed E-state index contributed by atoms with van der Waals surface area (Å²) in [6, 6.07) is 0. The monoisotopic (exact) mass is 223 g/mol. The molecule has 0 fully saturated rings. The van der Waals surface area contributed by atoms with Crippen molar-refractivity contribution >= 4 is 5.82 Å². The van der Waals surface area contributed by atoms with E-state index in [-0.39, 0.29) is 0 Å². The van der Waals surface area contributed by atoms with Crippen LogP contribution in [0.25, 0.3) is 0 Å².